The first-order valence-electron chi connectivity index (χ1n) is 9.45. The normalized spacial score (nSPS) is 25.8. The third-order valence-corrected chi connectivity index (χ3v) is 5.03. The average molecular weight is 420 g/mol. The van der Waals surface area contributed by atoms with Crippen molar-refractivity contribution in [1.82, 2.24) is 10.2 Å². The van der Waals surface area contributed by atoms with Crippen molar-refractivity contribution >= 4 is 5.91 Å². The van der Waals surface area contributed by atoms with Crippen LogP contribution >= 0.6 is 0 Å². The molecule has 0 radical (unpaired) electrons. The van der Waals surface area contributed by atoms with Crippen LogP contribution in [-0.2, 0) is 17.4 Å². The fourth-order valence-electron chi connectivity index (χ4n) is 3.41. The van der Waals surface area contributed by atoms with E-state index in [1.165, 1.54) is 12.1 Å². The minimum absolute atomic E-state index is 0.116. The number of hydrogen-bond donors (Lipinski definition) is 5. The van der Waals surface area contributed by atoms with Gasteiger partial charge in [0.1, 0.15) is 12.2 Å². The molecule has 2 rings (SSSR count). The number of benzene rings is 1. The summed E-state index contributed by atoms with van der Waals surface area (Å²) in [5, 5.41) is 41.4. The highest BCUT2D eigenvalue weighted by Gasteiger charge is 2.40. The monoisotopic (exact) mass is 420 g/mol. The Morgan fingerprint density at radius 3 is 2.55 bits per heavy atom. The molecule has 1 fully saturated rings. The van der Waals surface area contributed by atoms with Gasteiger partial charge in [-0.15, -0.1) is 0 Å². The molecule has 5 N–H and O–H groups in total. The Balaban J connectivity index is 1.72. The van der Waals surface area contributed by atoms with Gasteiger partial charge in [-0.2, -0.15) is 13.2 Å². The summed E-state index contributed by atoms with van der Waals surface area (Å²) in [7, 11) is 0. The first kappa shape index (κ1) is 23.6. The quantitative estimate of drug-likeness (QED) is 0.376. The molecule has 1 heterocycles. The molecule has 0 aliphatic carbocycles. The van der Waals surface area contributed by atoms with Crippen LogP contribution in [0.15, 0.2) is 24.3 Å². The van der Waals surface area contributed by atoms with Gasteiger partial charge in [0.2, 0.25) is 5.91 Å². The molecule has 1 amide bonds. The van der Waals surface area contributed by atoms with Gasteiger partial charge in [-0.25, -0.2) is 0 Å². The summed E-state index contributed by atoms with van der Waals surface area (Å²) in [6.45, 7) is 0.517. The Bertz CT molecular complexity index is 673. The molecule has 1 aromatic rings. The van der Waals surface area contributed by atoms with E-state index < -0.39 is 36.1 Å². The molecule has 29 heavy (non-hydrogen) atoms. The third-order valence-electron chi connectivity index (χ3n) is 5.03. The van der Waals surface area contributed by atoms with Crippen LogP contribution < -0.4 is 5.32 Å². The minimum atomic E-state index is -4.45. The van der Waals surface area contributed by atoms with Crippen LogP contribution in [0.5, 0.6) is 0 Å². The van der Waals surface area contributed by atoms with Crippen LogP contribution in [0.25, 0.3) is 0 Å². The first-order valence-corrected chi connectivity index (χ1v) is 9.45. The van der Waals surface area contributed by atoms with Crippen LogP contribution in [-0.4, -0.2) is 81.8 Å². The van der Waals surface area contributed by atoms with E-state index in [4.69, 9.17) is 0 Å². The largest absolute Gasteiger partial charge is 0.416 e. The summed E-state index contributed by atoms with van der Waals surface area (Å²) in [5.74, 6) is -0.385. The molecule has 1 saturated heterocycles. The topological polar surface area (TPSA) is 113 Å². The van der Waals surface area contributed by atoms with Gasteiger partial charge in [0.25, 0.3) is 0 Å². The van der Waals surface area contributed by atoms with Gasteiger partial charge in [0.15, 0.2) is 0 Å². The second kappa shape index (κ2) is 10.4. The van der Waals surface area contributed by atoms with Crippen LogP contribution in [0.2, 0.25) is 0 Å². The van der Waals surface area contributed by atoms with E-state index in [2.05, 4.69) is 5.32 Å². The number of nitrogens with zero attached hydrogens (tertiary/aromatic N) is 1. The summed E-state index contributed by atoms with van der Waals surface area (Å²) >= 11 is 0. The Kier molecular flexibility index (Phi) is 8.41. The molecule has 7 nitrogen and oxygen atoms in total. The Labute approximate surface area is 166 Å². The maximum Gasteiger partial charge on any atom is 0.416 e. The number of amides is 1. The van der Waals surface area contributed by atoms with Gasteiger partial charge in [-0.3, -0.25) is 9.69 Å². The number of aliphatic hydroxyl groups excluding tert-OH is 4. The van der Waals surface area contributed by atoms with Crippen molar-refractivity contribution < 1.29 is 38.4 Å². The summed E-state index contributed by atoms with van der Waals surface area (Å²) in [6, 6.07) is 3.96. The zero-order valence-corrected chi connectivity index (χ0v) is 15.8. The predicted octanol–water partition coefficient (Wildman–Crippen LogP) is -0.0965. The number of carbonyl (C=O) groups excluding carboxylic acids is 1. The molecule has 1 aromatic carbocycles. The highest BCUT2D eigenvalue weighted by Crippen LogP contribution is 2.29. The van der Waals surface area contributed by atoms with Gasteiger partial charge in [-0.1, -0.05) is 18.2 Å². The van der Waals surface area contributed by atoms with Crippen molar-refractivity contribution in [3.8, 4) is 0 Å². The Hall–Kier alpha value is -1.72. The maximum atomic E-state index is 12.7. The zero-order valence-electron chi connectivity index (χ0n) is 15.8. The first-order chi connectivity index (χ1) is 13.6. The van der Waals surface area contributed by atoms with Crippen molar-refractivity contribution in [2.75, 3.05) is 26.2 Å². The highest BCUT2D eigenvalue weighted by molar-refractivity contribution is 5.78. The van der Waals surface area contributed by atoms with Crippen molar-refractivity contribution in [3.63, 3.8) is 0 Å². The molecule has 164 valence electrons. The molecule has 0 bridgehead atoms. The van der Waals surface area contributed by atoms with E-state index in [0.29, 0.717) is 25.9 Å². The number of aliphatic hydroxyl groups is 4. The molecule has 1 aliphatic heterocycles. The lowest BCUT2D eigenvalue weighted by atomic mass is 9.94. The number of unbranched alkanes of at least 4 members (excludes halogenated alkanes) is 1. The second-order valence-electron chi connectivity index (χ2n) is 7.23. The smallest absolute Gasteiger partial charge is 0.395 e. The van der Waals surface area contributed by atoms with Crippen LogP contribution in [0.3, 0.4) is 0 Å². The SMILES string of the molecule is O=C(Cc1cccc(C(F)(F)F)c1)NCCCCN1C[C@H](O)[C@@H](O)[C@H](O)[C@H]1CO. The number of likely N-dealkylation sites (tertiary alicyclic amines) is 1. The lowest BCUT2D eigenvalue weighted by molar-refractivity contribution is -0.145. The summed E-state index contributed by atoms with van der Waals surface area (Å²) in [4.78, 5) is 13.6. The molecule has 0 aromatic heterocycles. The predicted molar refractivity (Wildman–Crippen MR) is 97.9 cm³/mol. The van der Waals surface area contributed by atoms with Crippen molar-refractivity contribution in [2.24, 2.45) is 0 Å². The van der Waals surface area contributed by atoms with Gasteiger partial charge >= 0.3 is 6.18 Å². The summed E-state index contributed by atoms with van der Waals surface area (Å²) in [6.07, 6.45) is -7.12. The molecule has 4 atom stereocenters. The number of piperidine rings is 1. The van der Waals surface area contributed by atoms with E-state index in [0.717, 1.165) is 12.1 Å². The highest BCUT2D eigenvalue weighted by atomic mass is 19.4. The molecule has 0 unspecified atom stereocenters. The number of carbonyl (C=O) groups is 1. The van der Waals surface area contributed by atoms with Crippen LogP contribution in [0.1, 0.15) is 24.0 Å². The average Bonchev–Trinajstić information content (AvgIpc) is 2.65. The van der Waals surface area contributed by atoms with Crippen LogP contribution in [0, 0.1) is 0 Å². The van der Waals surface area contributed by atoms with Gasteiger partial charge in [-0.05, 0) is 31.0 Å². The molecular weight excluding hydrogens is 393 g/mol. The summed E-state index contributed by atoms with van der Waals surface area (Å²) in [5.41, 5.74) is -0.518. The number of hydrogen-bond acceptors (Lipinski definition) is 6. The van der Waals surface area contributed by atoms with Crippen LogP contribution in [0.4, 0.5) is 13.2 Å². The van der Waals surface area contributed by atoms with Crippen molar-refractivity contribution in [1.29, 1.82) is 0 Å². The number of nitrogens with one attached hydrogen (secondary N) is 1. The zero-order chi connectivity index (χ0) is 21.6. The number of alkyl halides is 3. The number of β-amino-alcohol motifs (C(OH)–C–C–N with tert-alkyl or cyclic N) is 1. The van der Waals surface area contributed by atoms with Crippen molar-refractivity contribution in [3.05, 3.63) is 35.4 Å². The molecule has 10 heteroatoms. The minimum Gasteiger partial charge on any atom is -0.395 e. The lowest BCUT2D eigenvalue weighted by Gasteiger charge is -2.43. The van der Waals surface area contributed by atoms with E-state index in [1.807, 2.05) is 0 Å². The van der Waals surface area contributed by atoms with Gasteiger partial charge in [0.05, 0.1) is 30.7 Å². The fraction of sp³-hybridized carbons (Fsp3) is 0.632. The molecule has 0 spiro atoms. The number of halogens is 3. The maximum absolute atomic E-state index is 12.7. The summed E-state index contributed by atoms with van der Waals surface area (Å²) < 4.78 is 38.1. The van der Waals surface area contributed by atoms with Crippen molar-refractivity contribution in [2.45, 2.75) is 49.8 Å². The van der Waals surface area contributed by atoms with E-state index in [-0.39, 0.29) is 31.0 Å². The third kappa shape index (κ3) is 6.65. The second-order valence-corrected chi connectivity index (χ2v) is 7.23. The fourth-order valence-corrected chi connectivity index (χ4v) is 3.41. The molecule has 0 saturated carbocycles. The lowest BCUT2D eigenvalue weighted by Crippen LogP contribution is -2.62. The Morgan fingerprint density at radius 2 is 1.90 bits per heavy atom. The molecular formula is C19H27F3N2O5. The number of rotatable bonds is 8. The van der Waals surface area contributed by atoms with Gasteiger partial charge < -0.3 is 25.7 Å². The molecule has 1 aliphatic rings. The van der Waals surface area contributed by atoms with E-state index >= 15 is 0 Å². The van der Waals surface area contributed by atoms with E-state index in [1.54, 1.807) is 4.90 Å². The standard InChI is InChI=1S/C19H27F3N2O5/c20-19(21,22)13-5-3-4-12(8-13)9-16(27)23-6-1-2-7-24-10-15(26)18(29)17(28)14(24)11-25/h3-5,8,14-15,17-18,25-26,28-29H,1-2,6-7,9-11H2,(H,23,27)/t14-,15+,17-,18-/m1/s1. The van der Waals surface area contributed by atoms with E-state index in [9.17, 15) is 38.4 Å². The van der Waals surface area contributed by atoms with Gasteiger partial charge in [0, 0.05) is 13.1 Å². The Morgan fingerprint density at radius 1 is 1.17 bits per heavy atom.